The van der Waals surface area contributed by atoms with Gasteiger partial charge in [-0.1, -0.05) is 63.1 Å². The van der Waals surface area contributed by atoms with Gasteiger partial charge in [0.05, 0.1) is 18.7 Å². The number of carboxylic acids is 1. The minimum Gasteiger partial charge on any atom is -0.481 e. The van der Waals surface area contributed by atoms with E-state index in [9.17, 15) is 4.79 Å². The number of benzene rings is 2. The Balaban J connectivity index is 1.50. The molecular formula is C28H38N2O3. The molecule has 0 saturated heterocycles. The van der Waals surface area contributed by atoms with Gasteiger partial charge in [0.2, 0.25) is 0 Å². The fourth-order valence-electron chi connectivity index (χ4n) is 4.70. The number of hydroxylamine groups is 1. The topological polar surface area (TPSA) is 70.6 Å². The van der Waals surface area contributed by atoms with Crippen LogP contribution in [0.15, 0.2) is 43.0 Å². The molecule has 0 radical (unpaired) electrons. The number of carbonyl (C=O) groups is 1. The van der Waals surface area contributed by atoms with Crippen LogP contribution in [0.1, 0.15) is 84.7 Å². The fraction of sp³-hybridized carbons (Fsp3) is 0.464. The van der Waals surface area contributed by atoms with Gasteiger partial charge in [0.15, 0.2) is 0 Å². The molecule has 0 amide bonds. The summed E-state index contributed by atoms with van der Waals surface area (Å²) in [5, 5.41) is 12.0. The highest BCUT2D eigenvalue weighted by molar-refractivity contribution is 5.66. The SMILES string of the molecule is C=C(NOCc1ccc(C2CCCCC2)c(C)c1)c1ccc(CNCCC(=O)O)c(CC)c1. The van der Waals surface area contributed by atoms with Crippen LogP contribution in [-0.4, -0.2) is 17.6 Å². The number of hydrogen-bond acceptors (Lipinski definition) is 4. The molecule has 0 aliphatic heterocycles. The first-order valence-electron chi connectivity index (χ1n) is 12.2. The molecule has 0 atom stereocenters. The van der Waals surface area contributed by atoms with Crippen LogP contribution in [0, 0.1) is 6.92 Å². The molecule has 178 valence electrons. The van der Waals surface area contributed by atoms with Crippen LogP contribution < -0.4 is 10.8 Å². The van der Waals surface area contributed by atoms with Crippen molar-refractivity contribution in [2.75, 3.05) is 6.54 Å². The van der Waals surface area contributed by atoms with Gasteiger partial charge in [-0.2, -0.15) is 0 Å². The van der Waals surface area contributed by atoms with E-state index in [1.165, 1.54) is 54.4 Å². The predicted molar refractivity (Wildman–Crippen MR) is 134 cm³/mol. The Morgan fingerprint density at radius 3 is 2.61 bits per heavy atom. The highest BCUT2D eigenvalue weighted by Gasteiger charge is 2.17. The van der Waals surface area contributed by atoms with Crippen LogP contribution in [0.2, 0.25) is 0 Å². The monoisotopic (exact) mass is 450 g/mol. The minimum absolute atomic E-state index is 0.125. The molecule has 0 unspecified atom stereocenters. The first-order chi connectivity index (χ1) is 16.0. The van der Waals surface area contributed by atoms with Crippen molar-refractivity contribution in [3.63, 3.8) is 0 Å². The lowest BCUT2D eigenvalue weighted by Gasteiger charge is -2.24. The molecule has 0 aromatic heterocycles. The highest BCUT2D eigenvalue weighted by Crippen LogP contribution is 2.34. The van der Waals surface area contributed by atoms with Gasteiger partial charge >= 0.3 is 5.97 Å². The lowest BCUT2D eigenvalue weighted by molar-refractivity contribution is -0.136. The number of carboxylic acid groups (broad SMARTS) is 1. The van der Waals surface area contributed by atoms with E-state index in [0.717, 1.165) is 29.2 Å². The van der Waals surface area contributed by atoms with Gasteiger partial charge < -0.3 is 10.4 Å². The molecule has 0 bridgehead atoms. The minimum atomic E-state index is -0.786. The van der Waals surface area contributed by atoms with E-state index in [-0.39, 0.29) is 6.42 Å². The summed E-state index contributed by atoms with van der Waals surface area (Å²) >= 11 is 0. The van der Waals surface area contributed by atoms with Gasteiger partial charge in [0.1, 0.15) is 0 Å². The second kappa shape index (κ2) is 12.6. The summed E-state index contributed by atoms with van der Waals surface area (Å²) in [6, 6.07) is 12.9. The van der Waals surface area contributed by atoms with E-state index in [1.807, 2.05) is 6.07 Å². The van der Waals surface area contributed by atoms with Gasteiger partial charge in [-0.3, -0.25) is 15.1 Å². The molecule has 1 fully saturated rings. The summed E-state index contributed by atoms with van der Waals surface area (Å²) in [6.07, 6.45) is 7.73. The van der Waals surface area contributed by atoms with Crippen LogP contribution in [0.5, 0.6) is 0 Å². The van der Waals surface area contributed by atoms with Crippen LogP contribution in [-0.2, 0) is 29.2 Å². The molecule has 1 saturated carbocycles. The highest BCUT2D eigenvalue weighted by atomic mass is 16.6. The Bertz CT molecular complexity index is 948. The van der Waals surface area contributed by atoms with Gasteiger partial charge in [0, 0.05) is 13.1 Å². The van der Waals surface area contributed by atoms with Gasteiger partial charge in [0.25, 0.3) is 0 Å². The molecule has 1 aliphatic rings. The molecule has 2 aromatic rings. The summed E-state index contributed by atoms with van der Waals surface area (Å²) in [4.78, 5) is 16.4. The van der Waals surface area contributed by atoms with Crippen molar-refractivity contribution < 1.29 is 14.7 Å². The van der Waals surface area contributed by atoms with Gasteiger partial charge in [-0.15, -0.1) is 0 Å². The molecule has 5 heteroatoms. The second-order valence-electron chi connectivity index (χ2n) is 9.05. The maximum atomic E-state index is 10.7. The van der Waals surface area contributed by atoms with Crippen molar-refractivity contribution in [2.24, 2.45) is 0 Å². The maximum Gasteiger partial charge on any atom is 0.304 e. The van der Waals surface area contributed by atoms with Crippen LogP contribution >= 0.6 is 0 Å². The standard InChI is InChI=1S/C28H38N2O3/c1-4-23-17-25(11-12-26(23)18-29-15-14-28(31)32)21(3)30-33-19-22-10-13-27(20(2)16-22)24-8-6-5-7-9-24/h10-13,16-17,24,29-30H,3-9,14-15,18-19H2,1-2H3,(H,31,32). The molecule has 1 aliphatic carbocycles. The number of nitrogens with one attached hydrogen (secondary N) is 2. The van der Waals surface area contributed by atoms with Crippen LogP contribution in [0.3, 0.4) is 0 Å². The lowest BCUT2D eigenvalue weighted by Crippen LogP contribution is -2.18. The van der Waals surface area contributed by atoms with Crippen molar-refractivity contribution in [1.29, 1.82) is 0 Å². The molecule has 5 nitrogen and oxygen atoms in total. The van der Waals surface area contributed by atoms with Crippen molar-refractivity contribution in [3.8, 4) is 0 Å². The summed E-state index contributed by atoms with van der Waals surface area (Å²) < 4.78 is 0. The molecule has 33 heavy (non-hydrogen) atoms. The zero-order valence-electron chi connectivity index (χ0n) is 20.1. The Morgan fingerprint density at radius 2 is 1.91 bits per heavy atom. The normalized spacial score (nSPS) is 14.2. The molecular weight excluding hydrogens is 412 g/mol. The second-order valence-corrected chi connectivity index (χ2v) is 9.05. The van der Waals surface area contributed by atoms with Crippen molar-refractivity contribution in [3.05, 3.63) is 76.4 Å². The summed E-state index contributed by atoms with van der Waals surface area (Å²) in [5.41, 5.74) is 11.1. The van der Waals surface area contributed by atoms with E-state index >= 15 is 0 Å². The quantitative estimate of drug-likeness (QED) is 0.279. The Hall–Kier alpha value is -2.63. The Kier molecular flexibility index (Phi) is 9.52. The van der Waals surface area contributed by atoms with Crippen molar-refractivity contribution in [2.45, 2.75) is 77.9 Å². The van der Waals surface area contributed by atoms with Crippen LogP contribution in [0.25, 0.3) is 5.70 Å². The number of hydrogen-bond donors (Lipinski definition) is 3. The molecule has 3 rings (SSSR count). The summed E-state index contributed by atoms with van der Waals surface area (Å²) in [5.74, 6) is -0.0685. The Morgan fingerprint density at radius 1 is 1.12 bits per heavy atom. The third-order valence-electron chi connectivity index (χ3n) is 6.58. The van der Waals surface area contributed by atoms with E-state index in [1.54, 1.807) is 0 Å². The molecule has 0 spiro atoms. The summed E-state index contributed by atoms with van der Waals surface area (Å²) in [6.45, 7) is 10.1. The number of aryl methyl sites for hydroxylation is 2. The molecule has 0 heterocycles. The van der Waals surface area contributed by atoms with Crippen molar-refractivity contribution >= 4 is 11.7 Å². The maximum absolute atomic E-state index is 10.7. The van der Waals surface area contributed by atoms with E-state index in [4.69, 9.17) is 9.94 Å². The van der Waals surface area contributed by atoms with E-state index < -0.39 is 5.97 Å². The van der Waals surface area contributed by atoms with E-state index in [0.29, 0.717) is 19.7 Å². The van der Waals surface area contributed by atoms with Gasteiger partial charge in [-0.05, 0) is 71.6 Å². The average Bonchev–Trinajstić information content (AvgIpc) is 2.82. The van der Waals surface area contributed by atoms with Crippen LogP contribution in [0.4, 0.5) is 0 Å². The first-order valence-corrected chi connectivity index (χ1v) is 12.2. The summed E-state index contributed by atoms with van der Waals surface area (Å²) in [7, 11) is 0. The van der Waals surface area contributed by atoms with E-state index in [2.05, 4.69) is 61.6 Å². The zero-order chi connectivity index (χ0) is 23.6. The smallest absolute Gasteiger partial charge is 0.304 e. The zero-order valence-corrected chi connectivity index (χ0v) is 20.1. The van der Waals surface area contributed by atoms with Gasteiger partial charge in [-0.25, -0.2) is 0 Å². The third-order valence-corrected chi connectivity index (χ3v) is 6.58. The van der Waals surface area contributed by atoms with Crippen molar-refractivity contribution in [1.82, 2.24) is 10.8 Å². The number of aliphatic carboxylic acids is 1. The predicted octanol–water partition coefficient (Wildman–Crippen LogP) is 5.86. The molecule has 3 N–H and O–H groups in total. The third kappa shape index (κ3) is 7.44. The average molecular weight is 451 g/mol. The Labute approximate surface area is 198 Å². The largest absolute Gasteiger partial charge is 0.481 e. The fourth-order valence-corrected chi connectivity index (χ4v) is 4.70. The lowest BCUT2D eigenvalue weighted by atomic mass is 9.82. The first kappa shape index (κ1) is 25.0. The molecule has 2 aromatic carbocycles. The number of rotatable bonds is 12.